The minimum absolute atomic E-state index is 0.763. The van der Waals surface area contributed by atoms with E-state index in [-0.39, 0.29) is 0 Å². The number of amides is 1. The standard InChI is InChI=1S/C11H16F3NO3/c1-9(2,3)18-8(17)7-10(4,11(12,13)14)5-6(16)15-7/h7H,5H2,1-4H3,(H,15,16)/t7-,10+/m0/s1. The van der Waals surface area contributed by atoms with Crippen molar-refractivity contribution in [3.63, 3.8) is 0 Å². The molecule has 1 heterocycles. The Bertz CT molecular complexity index is 373. The third-order valence-corrected chi connectivity index (χ3v) is 2.76. The zero-order chi connectivity index (χ0) is 14.4. The number of hydrogen-bond acceptors (Lipinski definition) is 3. The Labute approximate surface area is 103 Å². The topological polar surface area (TPSA) is 55.4 Å². The first kappa shape index (κ1) is 14.8. The van der Waals surface area contributed by atoms with Crippen molar-refractivity contribution in [2.24, 2.45) is 5.41 Å². The predicted molar refractivity (Wildman–Crippen MR) is 56.6 cm³/mol. The molecule has 7 heteroatoms. The van der Waals surface area contributed by atoms with Crippen LogP contribution in [0.1, 0.15) is 34.1 Å². The third-order valence-electron chi connectivity index (χ3n) is 2.76. The second-order valence-corrected chi connectivity index (χ2v) is 5.63. The largest absolute Gasteiger partial charge is 0.458 e. The lowest BCUT2D eigenvalue weighted by Crippen LogP contribution is -2.51. The van der Waals surface area contributed by atoms with Gasteiger partial charge in [0.1, 0.15) is 17.1 Å². The maximum atomic E-state index is 13.0. The van der Waals surface area contributed by atoms with Crippen LogP contribution in [0.2, 0.25) is 0 Å². The Morgan fingerprint density at radius 2 is 1.89 bits per heavy atom. The summed E-state index contributed by atoms with van der Waals surface area (Å²) in [5.41, 5.74) is -3.33. The minimum Gasteiger partial charge on any atom is -0.458 e. The molecule has 0 aliphatic carbocycles. The first-order valence-electron chi connectivity index (χ1n) is 5.46. The van der Waals surface area contributed by atoms with Gasteiger partial charge in [-0.15, -0.1) is 0 Å². The Hall–Kier alpha value is -1.27. The van der Waals surface area contributed by atoms with Crippen LogP contribution < -0.4 is 5.32 Å². The number of nitrogens with one attached hydrogen (secondary N) is 1. The highest BCUT2D eigenvalue weighted by Crippen LogP contribution is 2.47. The van der Waals surface area contributed by atoms with Gasteiger partial charge in [0, 0.05) is 6.42 Å². The van der Waals surface area contributed by atoms with Crippen molar-refractivity contribution in [2.75, 3.05) is 0 Å². The Balaban J connectivity index is 3.00. The summed E-state index contributed by atoms with van der Waals surface area (Å²) in [5, 5.41) is 2.04. The molecule has 0 radical (unpaired) electrons. The number of ether oxygens (including phenoxy) is 1. The average Bonchev–Trinajstić information content (AvgIpc) is 2.38. The maximum absolute atomic E-state index is 13.0. The number of carbonyl (C=O) groups is 2. The average molecular weight is 267 g/mol. The highest BCUT2D eigenvalue weighted by Gasteiger charge is 2.63. The molecule has 0 bridgehead atoms. The molecule has 1 aliphatic heterocycles. The van der Waals surface area contributed by atoms with Gasteiger partial charge in [-0.3, -0.25) is 4.79 Å². The molecule has 0 spiro atoms. The maximum Gasteiger partial charge on any atom is 0.397 e. The van der Waals surface area contributed by atoms with Gasteiger partial charge >= 0.3 is 12.1 Å². The molecule has 0 aromatic heterocycles. The Morgan fingerprint density at radius 1 is 1.39 bits per heavy atom. The van der Waals surface area contributed by atoms with E-state index in [0.717, 1.165) is 6.92 Å². The highest BCUT2D eigenvalue weighted by atomic mass is 19.4. The van der Waals surface area contributed by atoms with Gasteiger partial charge < -0.3 is 10.1 Å². The molecule has 0 saturated carbocycles. The number of carbonyl (C=O) groups excluding carboxylic acids is 2. The molecule has 0 aromatic carbocycles. The number of esters is 1. The van der Waals surface area contributed by atoms with Crippen LogP contribution in [0.25, 0.3) is 0 Å². The summed E-state index contributed by atoms with van der Waals surface area (Å²) in [6.07, 6.45) is -5.42. The summed E-state index contributed by atoms with van der Waals surface area (Å²) >= 11 is 0. The van der Waals surface area contributed by atoms with E-state index in [0.29, 0.717) is 0 Å². The van der Waals surface area contributed by atoms with Crippen LogP contribution >= 0.6 is 0 Å². The fourth-order valence-electron chi connectivity index (χ4n) is 1.75. The van der Waals surface area contributed by atoms with Crippen LogP contribution in [0.15, 0.2) is 0 Å². The lowest BCUT2D eigenvalue weighted by atomic mass is 9.81. The second-order valence-electron chi connectivity index (χ2n) is 5.63. The van der Waals surface area contributed by atoms with Crippen LogP contribution in [0.4, 0.5) is 13.2 Å². The van der Waals surface area contributed by atoms with Crippen molar-refractivity contribution in [3.8, 4) is 0 Å². The zero-order valence-corrected chi connectivity index (χ0v) is 10.6. The Kier molecular flexibility index (Phi) is 3.40. The van der Waals surface area contributed by atoms with Crippen molar-refractivity contribution in [2.45, 2.75) is 51.9 Å². The number of halogens is 3. The first-order valence-corrected chi connectivity index (χ1v) is 5.46. The van der Waals surface area contributed by atoms with E-state index in [1.54, 1.807) is 20.8 Å². The molecule has 104 valence electrons. The second kappa shape index (κ2) is 4.13. The summed E-state index contributed by atoms with van der Waals surface area (Å²) in [4.78, 5) is 22.9. The van der Waals surface area contributed by atoms with Crippen molar-refractivity contribution < 1.29 is 27.5 Å². The molecular formula is C11H16F3NO3. The van der Waals surface area contributed by atoms with Gasteiger partial charge in [-0.05, 0) is 27.7 Å². The molecule has 18 heavy (non-hydrogen) atoms. The smallest absolute Gasteiger partial charge is 0.397 e. The predicted octanol–water partition coefficient (Wildman–Crippen LogP) is 1.79. The van der Waals surface area contributed by atoms with E-state index >= 15 is 0 Å². The van der Waals surface area contributed by atoms with Crippen molar-refractivity contribution in [3.05, 3.63) is 0 Å². The summed E-state index contributed by atoms with van der Waals surface area (Å²) in [6, 6.07) is -1.69. The molecule has 4 nitrogen and oxygen atoms in total. The van der Waals surface area contributed by atoms with Gasteiger partial charge in [0.2, 0.25) is 5.91 Å². The van der Waals surface area contributed by atoms with E-state index in [9.17, 15) is 22.8 Å². The van der Waals surface area contributed by atoms with Crippen LogP contribution in [0.5, 0.6) is 0 Å². The molecule has 2 atom stereocenters. The number of rotatable bonds is 1. The molecule has 0 aromatic rings. The highest BCUT2D eigenvalue weighted by molar-refractivity contribution is 5.90. The Morgan fingerprint density at radius 3 is 2.28 bits per heavy atom. The van der Waals surface area contributed by atoms with Crippen molar-refractivity contribution >= 4 is 11.9 Å². The summed E-state index contributed by atoms with van der Waals surface area (Å²) in [7, 11) is 0. The monoisotopic (exact) mass is 267 g/mol. The molecule has 1 aliphatic rings. The van der Waals surface area contributed by atoms with Gasteiger partial charge in [-0.1, -0.05) is 0 Å². The normalized spacial score (nSPS) is 29.1. The molecule has 1 rings (SSSR count). The molecular weight excluding hydrogens is 251 g/mol. The minimum atomic E-state index is -4.66. The third kappa shape index (κ3) is 2.76. The lowest BCUT2D eigenvalue weighted by Gasteiger charge is -2.32. The van der Waals surface area contributed by atoms with E-state index in [1.807, 2.05) is 5.32 Å². The van der Waals surface area contributed by atoms with Gasteiger partial charge in [0.15, 0.2) is 0 Å². The fourth-order valence-corrected chi connectivity index (χ4v) is 1.75. The fraction of sp³-hybridized carbons (Fsp3) is 0.818. The molecule has 1 amide bonds. The van der Waals surface area contributed by atoms with E-state index < -0.39 is 41.5 Å². The molecule has 1 fully saturated rings. The van der Waals surface area contributed by atoms with Crippen LogP contribution in [-0.2, 0) is 14.3 Å². The summed E-state index contributed by atoms with van der Waals surface area (Å²) < 4.78 is 43.8. The summed E-state index contributed by atoms with van der Waals surface area (Å²) in [5.74, 6) is -1.86. The zero-order valence-electron chi connectivity index (χ0n) is 10.6. The van der Waals surface area contributed by atoms with Crippen molar-refractivity contribution in [1.82, 2.24) is 5.32 Å². The van der Waals surface area contributed by atoms with E-state index in [4.69, 9.17) is 4.74 Å². The SMILES string of the molecule is CC(C)(C)OC(=O)[C@@H]1NC(=O)C[C@@]1(C)C(F)(F)F. The molecule has 0 unspecified atom stereocenters. The molecule has 1 N–H and O–H groups in total. The molecule has 1 saturated heterocycles. The van der Waals surface area contributed by atoms with Crippen LogP contribution in [0, 0.1) is 5.41 Å². The van der Waals surface area contributed by atoms with Gasteiger partial charge in [-0.2, -0.15) is 13.2 Å². The van der Waals surface area contributed by atoms with Crippen molar-refractivity contribution in [1.29, 1.82) is 0 Å². The van der Waals surface area contributed by atoms with Gasteiger partial charge in [0.25, 0.3) is 0 Å². The quantitative estimate of drug-likeness (QED) is 0.737. The summed E-state index contributed by atoms with van der Waals surface area (Å²) in [6.45, 7) is 5.49. The van der Waals surface area contributed by atoms with Gasteiger partial charge in [-0.25, -0.2) is 4.79 Å². The lowest BCUT2D eigenvalue weighted by molar-refractivity contribution is -0.226. The number of alkyl halides is 3. The van der Waals surface area contributed by atoms with E-state index in [1.165, 1.54) is 0 Å². The van der Waals surface area contributed by atoms with Crippen LogP contribution in [-0.4, -0.2) is 29.7 Å². The van der Waals surface area contributed by atoms with E-state index in [2.05, 4.69) is 0 Å². The van der Waals surface area contributed by atoms with Crippen LogP contribution in [0.3, 0.4) is 0 Å². The first-order chi connectivity index (χ1) is 7.87. The number of hydrogen-bond donors (Lipinski definition) is 1. The van der Waals surface area contributed by atoms with Gasteiger partial charge in [0.05, 0.1) is 0 Å².